The van der Waals surface area contributed by atoms with Crippen molar-refractivity contribution in [2.24, 2.45) is 0 Å². The van der Waals surface area contributed by atoms with Gasteiger partial charge in [-0.05, 0) is 51.7 Å². The number of ether oxygens (including phenoxy) is 1. The Morgan fingerprint density at radius 1 is 1.32 bits per heavy atom. The molecule has 2 N–H and O–H groups in total. The van der Waals surface area contributed by atoms with Gasteiger partial charge in [0, 0.05) is 6.54 Å². The number of aliphatic hydroxyl groups is 1. The van der Waals surface area contributed by atoms with Crippen LogP contribution in [-0.2, 0) is 26.0 Å². The maximum Gasteiger partial charge on any atom is 0.411 e. The fraction of sp³-hybridized carbons (Fsp3) is 0.571. The minimum Gasteiger partial charge on any atom is -0.444 e. The van der Waals surface area contributed by atoms with Crippen molar-refractivity contribution in [1.82, 2.24) is 10.2 Å². The number of nitrogens with one attached hydrogen (secondary N) is 1. The number of nitrogens with zero attached hydrogens (tertiary/aromatic N) is 2. The third-order valence-electron chi connectivity index (χ3n) is 5.41. The van der Waals surface area contributed by atoms with Crippen molar-refractivity contribution in [3.05, 3.63) is 29.8 Å². The Balaban J connectivity index is 1.91. The van der Waals surface area contributed by atoms with Gasteiger partial charge in [0.15, 0.2) is 9.84 Å². The lowest BCUT2D eigenvalue weighted by Crippen LogP contribution is -2.50. The molecule has 1 aromatic rings. The molecule has 0 aromatic heterocycles. The molecule has 2 amide bonds. The Hall–Kier alpha value is -2.64. The molecule has 31 heavy (non-hydrogen) atoms. The van der Waals surface area contributed by atoms with Gasteiger partial charge >= 0.3 is 6.09 Å². The summed E-state index contributed by atoms with van der Waals surface area (Å²) < 4.78 is 32.0. The SMILES string of the molecule is CC(C)(C)OC(=O)N1C[C@H](S(=O)(=O)c2ccccc2CO)C[C@H]1C(=O)NC1(C#N)CC1. The molecule has 168 valence electrons. The average Bonchev–Trinajstić information content (AvgIpc) is 3.31. The summed E-state index contributed by atoms with van der Waals surface area (Å²) in [6, 6.07) is 7.08. The van der Waals surface area contributed by atoms with Crippen LogP contribution >= 0.6 is 0 Å². The summed E-state index contributed by atoms with van der Waals surface area (Å²) in [5.41, 5.74) is -1.53. The van der Waals surface area contributed by atoms with Crippen molar-refractivity contribution in [2.45, 2.75) is 74.0 Å². The summed E-state index contributed by atoms with van der Waals surface area (Å²) in [5, 5.41) is 20.4. The molecule has 3 rings (SSSR count). The van der Waals surface area contributed by atoms with Crippen LogP contribution in [-0.4, -0.2) is 59.4 Å². The molecule has 2 fully saturated rings. The highest BCUT2D eigenvalue weighted by Crippen LogP contribution is 2.36. The second kappa shape index (κ2) is 8.13. The quantitative estimate of drug-likeness (QED) is 0.695. The smallest absolute Gasteiger partial charge is 0.411 e. The Bertz CT molecular complexity index is 1020. The number of amides is 2. The molecule has 2 aliphatic rings. The molecule has 0 radical (unpaired) electrons. The lowest BCUT2D eigenvalue weighted by molar-refractivity contribution is -0.126. The predicted octanol–water partition coefficient (Wildman–Crippen LogP) is 1.50. The van der Waals surface area contributed by atoms with Crippen molar-refractivity contribution in [3.63, 3.8) is 0 Å². The minimum absolute atomic E-state index is 0.0246. The van der Waals surface area contributed by atoms with Crippen LogP contribution in [0.25, 0.3) is 0 Å². The van der Waals surface area contributed by atoms with E-state index < -0.39 is 50.9 Å². The first-order chi connectivity index (χ1) is 14.4. The zero-order valence-corrected chi connectivity index (χ0v) is 18.6. The predicted molar refractivity (Wildman–Crippen MR) is 110 cm³/mol. The lowest BCUT2D eigenvalue weighted by Gasteiger charge is -2.28. The standard InChI is InChI=1S/C21H27N3O6S/c1-20(2,3)30-19(27)24-11-15(10-16(24)18(26)23-21(13-22)8-9-21)31(28,29)17-7-5-4-6-14(17)12-25/h4-7,15-16,25H,8-12H2,1-3H3,(H,23,26)/t15-,16+/m1/s1. The van der Waals surface area contributed by atoms with Crippen LogP contribution in [0.3, 0.4) is 0 Å². The lowest BCUT2D eigenvalue weighted by atomic mass is 10.2. The second-order valence-electron chi connectivity index (χ2n) is 9.00. The highest BCUT2D eigenvalue weighted by atomic mass is 32.2. The van der Waals surface area contributed by atoms with E-state index in [0.29, 0.717) is 12.8 Å². The number of sulfone groups is 1. The van der Waals surface area contributed by atoms with Gasteiger partial charge in [0.25, 0.3) is 0 Å². The van der Waals surface area contributed by atoms with E-state index in [1.165, 1.54) is 12.1 Å². The van der Waals surface area contributed by atoms with Gasteiger partial charge in [-0.1, -0.05) is 18.2 Å². The van der Waals surface area contributed by atoms with Gasteiger partial charge in [0.05, 0.1) is 22.8 Å². The summed E-state index contributed by atoms with van der Waals surface area (Å²) in [6.45, 7) is 4.35. The third-order valence-corrected chi connectivity index (χ3v) is 7.64. The third kappa shape index (κ3) is 4.83. The van der Waals surface area contributed by atoms with E-state index in [-0.39, 0.29) is 23.4 Å². The summed E-state index contributed by atoms with van der Waals surface area (Å²) in [5.74, 6) is -0.571. The van der Waals surface area contributed by atoms with Gasteiger partial charge < -0.3 is 15.2 Å². The van der Waals surface area contributed by atoms with Crippen LogP contribution in [0.15, 0.2) is 29.2 Å². The first-order valence-corrected chi connectivity index (χ1v) is 11.6. The van der Waals surface area contributed by atoms with E-state index in [0.717, 1.165) is 4.90 Å². The number of carbonyl (C=O) groups is 2. The Kier molecular flexibility index (Phi) is 6.04. The van der Waals surface area contributed by atoms with Crippen LogP contribution in [0.5, 0.6) is 0 Å². The van der Waals surface area contributed by atoms with Gasteiger partial charge in [-0.2, -0.15) is 5.26 Å². The van der Waals surface area contributed by atoms with Gasteiger partial charge in [-0.3, -0.25) is 9.69 Å². The molecule has 0 bridgehead atoms. The van der Waals surface area contributed by atoms with Crippen LogP contribution in [0.2, 0.25) is 0 Å². The molecule has 1 heterocycles. The molecule has 1 aromatic carbocycles. The van der Waals surface area contributed by atoms with Crippen molar-refractivity contribution in [3.8, 4) is 6.07 Å². The van der Waals surface area contributed by atoms with E-state index in [1.54, 1.807) is 32.9 Å². The van der Waals surface area contributed by atoms with Gasteiger partial charge in [-0.15, -0.1) is 0 Å². The summed E-state index contributed by atoms with van der Waals surface area (Å²) in [4.78, 5) is 26.8. The van der Waals surface area contributed by atoms with Crippen molar-refractivity contribution >= 4 is 21.8 Å². The molecule has 1 saturated heterocycles. The number of rotatable bonds is 5. The zero-order chi connectivity index (χ0) is 23.0. The molecule has 0 unspecified atom stereocenters. The zero-order valence-electron chi connectivity index (χ0n) is 17.8. The van der Waals surface area contributed by atoms with E-state index in [9.17, 15) is 28.4 Å². The van der Waals surface area contributed by atoms with Gasteiger partial charge in [-0.25, -0.2) is 13.2 Å². The van der Waals surface area contributed by atoms with E-state index >= 15 is 0 Å². The van der Waals surface area contributed by atoms with Crippen LogP contribution < -0.4 is 5.32 Å². The number of aliphatic hydroxyl groups excluding tert-OH is 1. The van der Waals surface area contributed by atoms with E-state index in [4.69, 9.17) is 4.74 Å². The number of hydrogen-bond acceptors (Lipinski definition) is 7. The summed E-state index contributed by atoms with van der Waals surface area (Å²) in [7, 11) is -3.95. The molecule has 1 saturated carbocycles. The van der Waals surface area contributed by atoms with E-state index in [2.05, 4.69) is 11.4 Å². The number of nitriles is 1. The molecule has 0 spiro atoms. The molecule has 9 nitrogen and oxygen atoms in total. The molecule has 10 heteroatoms. The number of carbonyl (C=O) groups excluding carboxylic acids is 2. The molecule has 1 aliphatic heterocycles. The highest BCUT2D eigenvalue weighted by molar-refractivity contribution is 7.92. The van der Waals surface area contributed by atoms with Crippen molar-refractivity contribution in [1.29, 1.82) is 5.26 Å². The Morgan fingerprint density at radius 3 is 2.52 bits per heavy atom. The van der Waals surface area contributed by atoms with Crippen molar-refractivity contribution < 1.29 is 27.9 Å². The Morgan fingerprint density at radius 2 is 1.97 bits per heavy atom. The number of likely N-dealkylation sites (tertiary alicyclic amines) is 1. The molecular formula is C21H27N3O6S. The fourth-order valence-corrected chi connectivity index (χ4v) is 5.51. The van der Waals surface area contributed by atoms with Gasteiger partial charge in [0.2, 0.25) is 5.91 Å². The molecule has 2 atom stereocenters. The monoisotopic (exact) mass is 449 g/mol. The molecule has 1 aliphatic carbocycles. The Labute approximate surface area is 181 Å². The number of hydrogen-bond donors (Lipinski definition) is 2. The van der Waals surface area contributed by atoms with Crippen LogP contribution in [0, 0.1) is 11.3 Å². The minimum atomic E-state index is -3.95. The van der Waals surface area contributed by atoms with Crippen LogP contribution in [0.4, 0.5) is 4.79 Å². The first kappa shape index (κ1) is 23.0. The highest BCUT2D eigenvalue weighted by Gasteiger charge is 2.51. The normalized spacial score (nSPS) is 22.5. The maximum absolute atomic E-state index is 13.3. The first-order valence-electron chi connectivity index (χ1n) is 10.1. The van der Waals surface area contributed by atoms with Gasteiger partial charge in [0.1, 0.15) is 17.2 Å². The summed E-state index contributed by atoms with van der Waals surface area (Å²) in [6.07, 6.45) is 0.108. The largest absolute Gasteiger partial charge is 0.444 e. The van der Waals surface area contributed by atoms with Crippen molar-refractivity contribution in [2.75, 3.05) is 6.54 Å². The fourth-order valence-electron chi connectivity index (χ4n) is 3.59. The maximum atomic E-state index is 13.3. The number of benzene rings is 1. The topological polar surface area (TPSA) is 137 Å². The molecular weight excluding hydrogens is 422 g/mol. The average molecular weight is 450 g/mol. The van der Waals surface area contributed by atoms with E-state index in [1.807, 2.05) is 0 Å². The van der Waals surface area contributed by atoms with Crippen LogP contribution in [0.1, 0.15) is 45.6 Å². The second-order valence-corrected chi connectivity index (χ2v) is 11.2. The summed E-state index contributed by atoms with van der Waals surface area (Å²) >= 11 is 0.